The third kappa shape index (κ3) is 22.3. The van der Waals surface area contributed by atoms with Gasteiger partial charge in [-0.05, 0) is 49.6 Å². The zero-order valence-electron chi connectivity index (χ0n) is 66.0. The van der Waals surface area contributed by atoms with Gasteiger partial charge in [-0.15, -0.1) is 6.58 Å². The molecule has 0 aromatic heterocycles. The molecule has 9 N–H and O–H groups in total. The number of rotatable bonds is 31. The van der Waals surface area contributed by atoms with E-state index in [0.29, 0.717) is 33.4 Å². The SMILES string of the molecule is C=CCO[C@H]1[C@H](O[C@@H]2[C@@H](O)[C@H](NC(=O)OCc3ccccc3)C[C@H](NC(=O)OCc3ccccc3)[C@H]2O[C@H]2O[C@@H]3COC(c4ccccc4)O[C@H]3[C@H](O)[C@H]2NC(=O)OCc2ccccc2)O[C@H](CO[Si](c2ccccc2)(c2ccccc2)C(C)(C)C)[C@H]1O[C@H]1O[C@@H](CNC(=O)OCc2ccccc2)[C@@H](O)[C@H](O)[C@H]1NC(=O)OCc1ccccc1. The largest absolute Gasteiger partial charge is 0.445 e. The second-order valence-corrected chi connectivity index (χ2v) is 34.7. The van der Waals surface area contributed by atoms with E-state index in [1.807, 2.05) is 72.8 Å². The fraction of sp³-hybridized carbons (Fsp3) is 0.382. The Morgan fingerprint density at radius 2 is 0.840 bits per heavy atom. The van der Waals surface area contributed by atoms with Crippen LogP contribution in [0.25, 0.3) is 0 Å². The standard InChI is InChI=1S/C89H101N5O24Si/c1-5-46-104-79-77(117-81-69(93-87(102)109-52-59-36-20-9-21-37-59)73(97)72(96)66(112-81)48-90-84(99)106-49-56-30-14-6-15-31-56)68(55-111-119(89(2,3)4,62-42-26-12-27-43-62)63-44-28-13-29-45-63)114-83(79)118-78-71(95)64(91-85(100)107-50-57-32-16-7-17-33-57)47-65(92-86(101)108-51-58-34-18-8-19-35-58)75(78)115-82-70(94-88(103)110-53-60-38-22-10-23-39-60)74(98)76-67(113-82)54-105-80(116-76)61-40-24-11-25-41-61/h5-45,64-83,95-98H,1,46-55H2,2-4H3,(H,90,99)(H,91,100)(H,92,101)(H,93,102)(H,94,103)/t64-,65+,66+,67-,68-,69-,70-,71+,72-,73-,74-,75-,76-,77-,78-,79-,80?,81-,82-,83+/m1/s1. The summed E-state index contributed by atoms with van der Waals surface area (Å²) < 4.78 is 98.5. The number of carbonyl (C=O) groups is 5. The minimum absolute atomic E-state index is 0.120. The molecule has 1 aliphatic carbocycles. The number of aliphatic hydroxyl groups excluding tert-OH is 4. The average molecular weight is 1650 g/mol. The molecule has 630 valence electrons. The summed E-state index contributed by atoms with van der Waals surface area (Å²) in [5, 5.41) is 65.8. The Morgan fingerprint density at radius 1 is 0.437 bits per heavy atom. The monoisotopic (exact) mass is 1650 g/mol. The van der Waals surface area contributed by atoms with E-state index in [-0.39, 0.29) is 59.3 Å². The molecule has 119 heavy (non-hydrogen) atoms. The summed E-state index contributed by atoms with van der Waals surface area (Å²) in [5.74, 6) is 0. The zero-order chi connectivity index (χ0) is 83.3. The molecule has 0 spiro atoms. The Bertz CT molecular complexity index is 4470. The van der Waals surface area contributed by atoms with Gasteiger partial charge in [0.05, 0.1) is 31.9 Å². The topological polar surface area (TPSA) is 365 Å². The first-order chi connectivity index (χ1) is 57.8. The molecule has 0 bridgehead atoms. The third-order valence-corrected chi connectivity index (χ3v) is 26.2. The fourth-order valence-electron chi connectivity index (χ4n) is 15.3. The first-order valence-corrected chi connectivity index (χ1v) is 41.5. The quantitative estimate of drug-likeness (QED) is 0.0112. The smallest absolute Gasteiger partial charge is 0.407 e. The van der Waals surface area contributed by atoms with Crippen LogP contribution < -0.4 is 37.0 Å². The normalized spacial score (nSPS) is 27.4. The average Bonchev–Trinajstić information content (AvgIpc) is 1.67. The molecule has 0 radical (unpaired) electrons. The van der Waals surface area contributed by atoms with Crippen LogP contribution in [-0.4, -0.2) is 202 Å². The van der Waals surface area contributed by atoms with Crippen molar-refractivity contribution < 1.29 is 115 Å². The second kappa shape index (κ2) is 41.5. The fourth-order valence-corrected chi connectivity index (χ4v) is 19.9. The Hall–Kier alpha value is -10.5. The van der Waals surface area contributed by atoms with Gasteiger partial charge in [-0.3, -0.25) is 0 Å². The molecule has 8 aromatic carbocycles. The molecule has 5 aliphatic rings. The summed E-state index contributed by atoms with van der Waals surface area (Å²) in [5.41, 5.74) is 3.79. The molecule has 5 amide bonds. The first kappa shape index (κ1) is 86.4. The molecule has 13 rings (SSSR count). The minimum Gasteiger partial charge on any atom is -0.445 e. The lowest BCUT2D eigenvalue weighted by Crippen LogP contribution is -2.71. The first-order valence-electron chi connectivity index (χ1n) is 39.6. The van der Waals surface area contributed by atoms with Crippen molar-refractivity contribution in [3.63, 3.8) is 0 Å². The number of fused-ring (bicyclic) bond motifs is 1. The van der Waals surface area contributed by atoms with Crippen molar-refractivity contribution in [3.8, 4) is 0 Å². The Morgan fingerprint density at radius 3 is 1.31 bits per heavy atom. The van der Waals surface area contributed by atoms with Crippen LogP contribution in [0.15, 0.2) is 255 Å². The van der Waals surface area contributed by atoms with Gasteiger partial charge in [0.25, 0.3) is 8.32 Å². The highest BCUT2D eigenvalue weighted by molar-refractivity contribution is 6.99. The molecular formula is C89H101N5O24Si. The predicted octanol–water partition coefficient (Wildman–Crippen LogP) is 8.53. The van der Waals surface area contributed by atoms with Crippen molar-refractivity contribution in [1.29, 1.82) is 0 Å². The van der Waals surface area contributed by atoms with Gasteiger partial charge in [0.15, 0.2) is 25.2 Å². The van der Waals surface area contributed by atoms with Crippen LogP contribution in [-0.2, 0) is 104 Å². The molecule has 4 heterocycles. The van der Waals surface area contributed by atoms with Gasteiger partial charge in [0, 0.05) is 12.1 Å². The summed E-state index contributed by atoms with van der Waals surface area (Å²) in [6.45, 7) is 7.85. The molecule has 20 atom stereocenters. The van der Waals surface area contributed by atoms with Gasteiger partial charge in [0.1, 0.15) is 118 Å². The molecule has 30 heteroatoms. The van der Waals surface area contributed by atoms with E-state index in [2.05, 4.69) is 53.9 Å². The van der Waals surface area contributed by atoms with Crippen LogP contribution in [0.4, 0.5) is 24.0 Å². The summed E-state index contributed by atoms with van der Waals surface area (Å²) in [6.07, 6.45) is -29.9. The van der Waals surface area contributed by atoms with E-state index in [9.17, 15) is 44.4 Å². The minimum atomic E-state index is -3.62. The highest BCUT2D eigenvalue weighted by Gasteiger charge is 2.60. The van der Waals surface area contributed by atoms with Crippen LogP contribution in [0.5, 0.6) is 0 Å². The highest BCUT2D eigenvalue weighted by atomic mass is 28.4. The van der Waals surface area contributed by atoms with Crippen molar-refractivity contribution in [2.24, 2.45) is 0 Å². The number of aliphatic hydroxyl groups is 4. The van der Waals surface area contributed by atoms with Crippen LogP contribution in [0.1, 0.15) is 66.9 Å². The number of carbonyl (C=O) groups excluding carboxylic acids is 5. The maximum Gasteiger partial charge on any atom is 0.407 e. The van der Waals surface area contributed by atoms with Gasteiger partial charge in [-0.2, -0.15) is 0 Å². The number of hydrogen-bond acceptors (Lipinski definition) is 24. The van der Waals surface area contributed by atoms with Gasteiger partial charge >= 0.3 is 30.5 Å². The molecule has 29 nitrogen and oxygen atoms in total. The number of nitrogens with one attached hydrogen (secondary N) is 5. The van der Waals surface area contributed by atoms with E-state index in [1.165, 1.54) is 6.08 Å². The molecule has 1 unspecified atom stereocenters. The number of alkyl carbamates (subject to hydrolysis) is 5. The lowest BCUT2D eigenvalue weighted by molar-refractivity contribution is -0.358. The predicted molar refractivity (Wildman–Crippen MR) is 432 cm³/mol. The summed E-state index contributed by atoms with van der Waals surface area (Å²) >= 11 is 0. The maximum absolute atomic E-state index is 14.8. The van der Waals surface area contributed by atoms with Gasteiger partial charge in [0.2, 0.25) is 0 Å². The molecule has 8 aromatic rings. The lowest BCUT2D eigenvalue weighted by Gasteiger charge is -2.51. The number of hydrogen-bond donors (Lipinski definition) is 9. The molecule has 4 saturated heterocycles. The molecule has 1 saturated carbocycles. The zero-order valence-corrected chi connectivity index (χ0v) is 67.0. The summed E-state index contributed by atoms with van der Waals surface area (Å²) in [6, 6.07) is 66.4. The number of benzene rings is 8. The van der Waals surface area contributed by atoms with E-state index in [1.54, 1.807) is 170 Å². The lowest BCUT2D eigenvalue weighted by atomic mass is 9.83. The van der Waals surface area contributed by atoms with Crippen molar-refractivity contribution in [1.82, 2.24) is 26.6 Å². The molecular weight excluding hydrogens is 1550 g/mol. The van der Waals surface area contributed by atoms with Crippen molar-refractivity contribution in [3.05, 3.63) is 289 Å². The van der Waals surface area contributed by atoms with Crippen molar-refractivity contribution in [2.45, 2.75) is 188 Å². The summed E-state index contributed by atoms with van der Waals surface area (Å²) in [4.78, 5) is 71.3. The Kier molecular flexibility index (Phi) is 30.1. The number of amides is 5. The Labute approximate surface area is 690 Å². The highest BCUT2D eigenvalue weighted by Crippen LogP contribution is 2.42. The van der Waals surface area contributed by atoms with Gasteiger partial charge in [-0.25, -0.2) is 24.0 Å². The molecule has 4 aliphatic heterocycles. The van der Waals surface area contributed by atoms with Crippen molar-refractivity contribution in [2.75, 3.05) is 26.4 Å². The third-order valence-electron chi connectivity index (χ3n) is 21.2. The maximum atomic E-state index is 14.8. The van der Waals surface area contributed by atoms with Gasteiger partial charge in [-0.1, -0.05) is 270 Å². The number of ether oxygens (including phenoxy) is 14. The van der Waals surface area contributed by atoms with Crippen LogP contribution in [0.3, 0.4) is 0 Å². The van der Waals surface area contributed by atoms with Crippen molar-refractivity contribution >= 4 is 49.2 Å². The van der Waals surface area contributed by atoms with Crippen LogP contribution in [0.2, 0.25) is 5.04 Å². The van der Waals surface area contributed by atoms with Crippen LogP contribution >= 0.6 is 0 Å². The van der Waals surface area contributed by atoms with E-state index in [4.69, 9.17) is 70.7 Å². The Balaban J connectivity index is 0.909. The summed E-state index contributed by atoms with van der Waals surface area (Å²) in [7, 11) is -3.62. The second-order valence-electron chi connectivity index (χ2n) is 30.4. The van der Waals surface area contributed by atoms with E-state index < -0.39 is 173 Å². The molecule has 5 fully saturated rings. The van der Waals surface area contributed by atoms with E-state index in [0.717, 1.165) is 10.4 Å². The van der Waals surface area contributed by atoms with E-state index >= 15 is 0 Å². The van der Waals surface area contributed by atoms with Gasteiger partial charge < -0.3 is 118 Å². The van der Waals surface area contributed by atoms with Crippen LogP contribution in [0, 0.1) is 0 Å².